The van der Waals surface area contributed by atoms with Crippen LogP contribution in [0.1, 0.15) is 17.3 Å². The number of carbonyl (C=O) groups excluding carboxylic acids is 2. The van der Waals surface area contributed by atoms with Crippen molar-refractivity contribution in [3.63, 3.8) is 0 Å². The maximum atomic E-state index is 12.2. The molecule has 0 bridgehead atoms. The Hall–Kier alpha value is -3.45. The largest absolute Gasteiger partial charge is 0.411 e. The summed E-state index contributed by atoms with van der Waals surface area (Å²) in [5.41, 5.74) is 1.98. The normalized spacial score (nSPS) is 10.8. The molecule has 1 N–H and O–H groups in total. The first kappa shape index (κ1) is 18.9. The van der Waals surface area contributed by atoms with E-state index in [1.54, 1.807) is 24.3 Å². The van der Waals surface area contributed by atoms with Gasteiger partial charge in [0.1, 0.15) is 0 Å². The van der Waals surface area contributed by atoms with E-state index in [9.17, 15) is 9.59 Å². The summed E-state index contributed by atoms with van der Waals surface area (Å²) in [6, 6.07) is 20.7. The molecule has 3 aromatic carbocycles. The Bertz CT molecular complexity index is 1200. The van der Waals surface area contributed by atoms with Crippen molar-refractivity contribution in [2.24, 2.45) is 0 Å². The number of thioether (sulfide) groups is 1. The minimum Gasteiger partial charge on any atom is -0.411 e. The quantitative estimate of drug-likeness (QED) is 0.367. The van der Waals surface area contributed by atoms with Crippen molar-refractivity contribution in [3.8, 4) is 11.5 Å². The van der Waals surface area contributed by atoms with Crippen LogP contribution in [0.15, 0.2) is 76.4 Å². The van der Waals surface area contributed by atoms with Crippen LogP contribution in [0, 0.1) is 0 Å². The second kappa shape index (κ2) is 8.28. The fourth-order valence-electron chi connectivity index (χ4n) is 2.93. The molecule has 0 spiro atoms. The van der Waals surface area contributed by atoms with Gasteiger partial charge in [-0.05, 0) is 35.9 Å². The highest BCUT2D eigenvalue weighted by atomic mass is 32.2. The van der Waals surface area contributed by atoms with Gasteiger partial charge in [-0.3, -0.25) is 9.59 Å². The van der Waals surface area contributed by atoms with Crippen molar-refractivity contribution in [1.29, 1.82) is 0 Å². The van der Waals surface area contributed by atoms with Gasteiger partial charge in [-0.2, -0.15) is 0 Å². The number of benzene rings is 3. The van der Waals surface area contributed by atoms with E-state index >= 15 is 0 Å². The molecule has 7 heteroatoms. The van der Waals surface area contributed by atoms with Crippen LogP contribution in [0.3, 0.4) is 0 Å². The third kappa shape index (κ3) is 4.35. The summed E-state index contributed by atoms with van der Waals surface area (Å²) in [6.07, 6.45) is 0. The highest BCUT2D eigenvalue weighted by Crippen LogP contribution is 2.29. The van der Waals surface area contributed by atoms with E-state index in [4.69, 9.17) is 4.42 Å². The monoisotopic (exact) mass is 403 g/mol. The number of fused-ring (bicyclic) bond motifs is 1. The molecule has 0 saturated carbocycles. The van der Waals surface area contributed by atoms with Gasteiger partial charge in [0.25, 0.3) is 5.22 Å². The number of nitrogens with zero attached hydrogens (tertiary/aromatic N) is 2. The molecular formula is C22H17N3O3S. The topological polar surface area (TPSA) is 85.1 Å². The maximum Gasteiger partial charge on any atom is 0.277 e. The van der Waals surface area contributed by atoms with E-state index < -0.39 is 0 Å². The second-order valence-electron chi connectivity index (χ2n) is 6.37. The first-order valence-corrected chi connectivity index (χ1v) is 9.94. The molecule has 0 aliphatic rings. The average Bonchev–Trinajstić information content (AvgIpc) is 3.21. The lowest BCUT2D eigenvalue weighted by Gasteiger charge is -2.05. The Kier molecular flexibility index (Phi) is 5.39. The Morgan fingerprint density at radius 1 is 1.00 bits per heavy atom. The lowest BCUT2D eigenvalue weighted by Crippen LogP contribution is -2.14. The number of carbonyl (C=O) groups is 2. The van der Waals surface area contributed by atoms with Gasteiger partial charge in [-0.25, -0.2) is 0 Å². The summed E-state index contributed by atoms with van der Waals surface area (Å²) in [5.74, 6) is 0.253. The van der Waals surface area contributed by atoms with Crippen molar-refractivity contribution in [1.82, 2.24) is 10.2 Å². The lowest BCUT2D eigenvalue weighted by atomic mass is 10.0. The second-order valence-corrected chi connectivity index (χ2v) is 7.30. The molecule has 4 aromatic rings. The molecule has 0 fully saturated rings. The summed E-state index contributed by atoms with van der Waals surface area (Å²) in [4.78, 5) is 23.7. The number of Topliss-reactive ketones (excluding diaryl/α,β-unsaturated/α-hetero) is 1. The Morgan fingerprint density at radius 2 is 1.79 bits per heavy atom. The van der Waals surface area contributed by atoms with Crippen LogP contribution in [0.4, 0.5) is 5.69 Å². The van der Waals surface area contributed by atoms with Crippen LogP contribution in [0.2, 0.25) is 0 Å². The van der Waals surface area contributed by atoms with Crippen LogP contribution in [-0.2, 0) is 4.79 Å². The van der Waals surface area contributed by atoms with Crippen LogP contribution in [0.25, 0.3) is 22.2 Å². The van der Waals surface area contributed by atoms with Gasteiger partial charge in [-0.15, -0.1) is 10.2 Å². The molecule has 6 nitrogen and oxygen atoms in total. The number of hydrogen-bond donors (Lipinski definition) is 1. The fourth-order valence-corrected chi connectivity index (χ4v) is 3.49. The number of hydrogen-bond acceptors (Lipinski definition) is 6. The summed E-state index contributed by atoms with van der Waals surface area (Å²) >= 11 is 1.16. The Labute approximate surface area is 171 Å². The van der Waals surface area contributed by atoms with Gasteiger partial charge < -0.3 is 9.73 Å². The molecule has 144 valence electrons. The summed E-state index contributed by atoms with van der Waals surface area (Å²) in [5, 5.41) is 13.4. The first-order chi connectivity index (χ1) is 14.1. The predicted octanol–water partition coefficient (Wildman–Crippen LogP) is 4.82. The van der Waals surface area contributed by atoms with Crippen LogP contribution in [0.5, 0.6) is 0 Å². The minimum absolute atomic E-state index is 0.0534. The fraction of sp³-hybridized carbons (Fsp3) is 0.0909. The number of ketones is 1. The maximum absolute atomic E-state index is 12.2. The van der Waals surface area contributed by atoms with Crippen LogP contribution in [-0.4, -0.2) is 27.6 Å². The van der Waals surface area contributed by atoms with Gasteiger partial charge in [0.05, 0.1) is 5.75 Å². The molecule has 0 unspecified atom stereocenters. The molecular weight excluding hydrogens is 386 g/mol. The van der Waals surface area contributed by atoms with Gasteiger partial charge in [0.2, 0.25) is 11.8 Å². The summed E-state index contributed by atoms with van der Waals surface area (Å²) in [6.45, 7) is 1.49. The van der Waals surface area contributed by atoms with Crippen molar-refractivity contribution in [3.05, 3.63) is 72.3 Å². The van der Waals surface area contributed by atoms with Crippen molar-refractivity contribution in [2.45, 2.75) is 12.1 Å². The van der Waals surface area contributed by atoms with Crippen molar-refractivity contribution >= 4 is 39.9 Å². The third-order valence-corrected chi connectivity index (χ3v) is 5.12. The van der Waals surface area contributed by atoms with E-state index in [1.807, 2.05) is 42.5 Å². The van der Waals surface area contributed by atoms with Crippen LogP contribution < -0.4 is 5.32 Å². The van der Waals surface area contributed by atoms with E-state index in [1.165, 1.54) is 6.92 Å². The third-order valence-electron chi connectivity index (χ3n) is 4.31. The highest BCUT2D eigenvalue weighted by Gasteiger charge is 2.13. The predicted molar refractivity (Wildman–Crippen MR) is 113 cm³/mol. The number of anilines is 1. The standard InChI is InChI=1S/C22H17N3O3S/c1-14(26)16-8-4-9-17(12-16)23-20(27)13-29-22-25-24-21(28-22)19-11-5-7-15-6-2-3-10-18(15)19/h2-12H,13H2,1H3,(H,23,27). The average molecular weight is 403 g/mol. The smallest absolute Gasteiger partial charge is 0.277 e. The van der Waals surface area contributed by atoms with Gasteiger partial charge in [-0.1, -0.05) is 60.3 Å². The van der Waals surface area contributed by atoms with E-state index in [0.717, 1.165) is 28.1 Å². The molecule has 0 aliphatic heterocycles. The minimum atomic E-state index is -0.222. The number of amides is 1. The lowest BCUT2D eigenvalue weighted by molar-refractivity contribution is -0.113. The number of aromatic nitrogens is 2. The van der Waals surface area contributed by atoms with Crippen LogP contribution >= 0.6 is 11.8 Å². The molecule has 0 saturated heterocycles. The van der Waals surface area contributed by atoms with Gasteiger partial charge in [0, 0.05) is 16.8 Å². The molecule has 1 amide bonds. The molecule has 4 rings (SSSR count). The molecule has 0 radical (unpaired) electrons. The Balaban J connectivity index is 1.42. The summed E-state index contributed by atoms with van der Waals surface area (Å²) < 4.78 is 5.75. The Morgan fingerprint density at radius 3 is 2.66 bits per heavy atom. The van der Waals surface area contributed by atoms with E-state index in [0.29, 0.717) is 22.4 Å². The van der Waals surface area contributed by atoms with Crippen molar-refractivity contribution in [2.75, 3.05) is 11.1 Å². The molecule has 29 heavy (non-hydrogen) atoms. The van der Waals surface area contributed by atoms with Gasteiger partial charge >= 0.3 is 0 Å². The zero-order valence-electron chi connectivity index (χ0n) is 15.6. The zero-order chi connectivity index (χ0) is 20.2. The van der Waals surface area contributed by atoms with E-state index in [2.05, 4.69) is 15.5 Å². The summed E-state index contributed by atoms with van der Waals surface area (Å²) in [7, 11) is 0. The first-order valence-electron chi connectivity index (χ1n) is 8.95. The number of nitrogens with one attached hydrogen (secondary N) is 1. The van der Waals surface area contributed by atoms with Gasteiger partial charge in [0.15, 0.2) is 5.78 Å². The zero-order valence-corrected chi connectivity index (χ0v) is 16.4. The van der Waals surface area contributed by atoms with Crippen molar-refractivity contribution < 1.29 is 14.0 Å². The van der Waals surface area contributed by atoms with E-state index in [-0.39, 0.29) is 17.4 Å². The molecule has 0 atom stereocenters. The SMILES string of the molecule is CC(=O)c1cccc(NC(=O)CSc2nnc(-c3cccc4ccccc34)o2)c1. The highest BCUT2D eigenvalue weighted by molar-refractivity contribution is 7.99. The molecule has 1 heterocycles. The number of rotatable bonds is 6. The molecule has 0 aliphatic carbocycles. The molecule has 1 aromatic heterocycles.